The maximum absolute atomic E-state index is 15.3. The molecule has 1 amide bonds. The van der Waals surface area contributed by atoms with E-state index in [1.165, 1.54) is 50.5 Å². The maximum Gasteiger partial charge on any atom is 0.269 e. The summed E-state index contributed by atoms with van der Waals surface area (Å²) in [5.41, 5.74) is 5.97. The number of amides is 1. The van der Waals surface area contributed by atoms with E-state index in [-0.39, 0.29) is 44.3 Å². The van der Waals surface area contributed by atoms with Crippen molar-refractivity contribution in [1.29, 1.82) is 0 Å². The number of rotatable bonds is 11. The summed E-state index contributed by atoms with van der Waals surface area (Å²) in [6.45, 7) is 5.53. The van der Waals surface area contributed by atoms with Gasteiger partial charge in [-0.05, 0) is 117 Å². The van der Waals surface area contributed by atoms with E-state index in [4.69, 9.17) is 10.5 Å². The Balaban J connectivity index is 1.47. The zero-order valence-corrected chi connectivity index (χ0v) is 28.8. The molecule has 262 valence electrons. The number of nitrogens with two attached hydrogens (primary N) is 1. The fourth-order valence-electron chi connectivity index (χ4n) is 5.67. The highest BCUT2D eigenvalue weighted by Gasteiger charge is 2.28. The van der Waals surface area contributed by atoms with Crippen LogP contribution in [0.4, 0.5) is 14.5 Å². The molecule has 51 heavy (non-hydrogen) atoms. The minimum atomic E-state index is -4.22. The van der Waals surface area contributed by atoms with Crippen LogP contribution in [0.1, 0.15) is 41.8 Å². The highest BCUT2D eigenvalue weighted by molar-refractivity contribution is 7.90. The van der Waals surface area contributed by atoms with Gasteiger partial charge < -0.3 is 20.9 Å². The van der Waals surface area contributed by atoms with Gasteiger partial charge >= 0.3 is 0 Å². The van der Waals surface area contributed by atoms with Crippen LogP contribution in [-0.4, -0.2) is 46.5 Å². The second-order valence-corrected chi connectivity index (χ2v) is 14.2. The van der Waals surface area contributed by atoms with Crippen molar-refractivity contribution in [2.45, 2.75) is 37.7 Å². The zero-order chi connectivity index (χ0) is 36.5. The van der Waals surface area contributed by atoms with Crippen LogP contribution in [0.15, 0.2) is 102 Å². The van der Waals surface area contributed by atoms with E-state index in [0.717, 1.165) is 16.1 Å². The summed E-state index contributed by atoms with van der Waals surface area (Å²) in [6.07, 6.45) is 1.86. The summed E-state index contributed by atoms with van der Waals surface area (Å²) in [4.78, 5) is 22.1. The number of nitrogens with zero attached hydrogens (tertiary/aromatic N) is 3. The second-order valence-electron chi connectivity index (χ2n) is 12.4. The summed E-state index contributed by atoms with van der Waals surface area (Å²) >= 11 is 0. The van der Waals surface area contributed by atoms with Crippen molar-refractivity contribution in [3.05, 3.63) is 126 Å². The number of aromatic nitrogens is 3. The Morgan fingerprint density at radius 2 is 1.71 bits per heavy atom. The number of nitrogens with one attached hydrogen (secondary N) is 1. The van der Waals surface area contributed by atoms with Gasteiger partial charge in [0.05, 0.1) is 34.1 Å². The van der Waals surface area contributed by atoms with Gasteiger partial charge in [-0.2, -0.15) is 0 Å². The molecule has 0 unspecified atom stereocenters. The minimum absolute atomic E-state index is 0.0281. The molecule has 0 saturated heterocycles. The number of halogens is 2. The monoisotopic (exact) mass is 711 g/mol. The number of benzene rings is 4. The van der Waals surface area contributed by atoms with Gasteiger partial charge in [-0.15, -0.1) is 0 Å². The molecule has 0 atom stereocenters. The predicted molar refractivity (Wildman–Crippen MR) is 191 cm³/mol. The van der Waals surface area contributed by atoms with Crippen molar-refractivity contribution in [2.24, 2.45) is 5.73 Å². The van der Waals surface area contributed by atoms with Gasteiger partial charge in [-0.1, -0.05) is 24.3 Å². The van der Waals surface area contributed by atoms with Crippen LogP contribution < -0.4 is 15.8 Å². The maximum atomic E-state index is 15.3. The molecule has 4 N–H and O–H groups in total. The predicted octanol–water partition coefficient (Wildman–Crippen LogP) is 6.80. The third-order valence-electron chi connectivity index (χ3n) is 8.40. The van der Waals surface area contributed by atoms with Crippen molar-refractivity contribution < 1.29 is 31.8 Å². The number of aliphatic hydroxyl groups is 1. The Morgan fingerprint density at radius 3 is 2.37 bits per heavy atom. The molecule has 0 spiro atoms. The fourth-order valence-corrected chi connectivity index (χ4v) is 7.17. The highest BCUT2D eigenvalue weighted by atomic mass is 32.2. The van der Waals surface area contributed by atoms with Crippen LogP contribution in [0.5, 0.6) is 5.75 Å². The van der Waals surface area contributed by atoms with Gasteiger partial charge in [0, 0.05) is 16.6 Å². The van der Waals surface area contributed by atoms with Crippen molar-refractivity contribution >= 4 is 32.7 Å². The molecule has 0 aliphatic heterocycles. The smallest absolute Gasteiger partial charge is 0.269 e. The molecule has 2 aromatic heterocycles. The van der Waals surface area contributed by atoms with Crippen molar-refractivity contribution in [1.82, 2.24) is 13.9 Å². The van der Waals surface area contributed by atoms with E-state index in [0.29, 0.717) is 41.8 Å². The Bertz CT molecular complexity index is 2360. The van der Waals surface area contributed by atoms with E-state index >= 15 is 4.39 Å². The Morgan fingerprint density at radius 1 is 0.980 bits per heavy atom. The van der Waals surface area contributed by atoms with Crippen LogP contribution in [0.2, 0.25) is 0 Å². The number of ether oxygens (including phenoxy) is 1. The van der Waals surface area contributed by atoms with Crippen molar-refractivity contribution in [3.8, 4) is 28.3 Å². The van der Waals surface area contributed by atoms with Crippen LogP contribution in [0, 0.1) is 18.6 Å². The van der Waals surface area contributed by atoms with Crippen molar-refractivity contribution in [2.75, 3.05) is 18.5 Å². The average molecular weight is 712 g/mol. The quantitative estimate of drug-likeness (QED) is 0.124. The molecule has 0 fully saturated rings. The summed E-state index contributed by atoms with van der Waals surface area (Å²) in [5, 5.41) is 13.1. The topological polar surface area (TPSA) is 149 Å². The number of anilines is 1. The van der Waals surface area contributed by atoms with Crippen LogP contribution >= 0.6 is 0 Å². The molecule has 2 heterocycles. The third kappa shape index (κ3) is 7.09. The molecule has 0 radical (unpaired) electrons. The molecule has 0 aliphatic carbocycles. The fraction of sp³-hybridized carbons (Fsp3) is 0.184. The Hall–Kier alpha value is -5.50. The normalized spacial score (nSPS) is 11.9. The van der Waals surface area contributed by atoms with Gasteiger partial charge in [0.1, 0.15) is 23.7 Å². The largest absolute Gasteiger partial charge is 0.494 e. The van der Waals surface area contributed by atoms with Gasteiger partial charge in [-0.25, -0.2) is 31.1 Å². The second kappa shape index (κ2) is 14.0. The van der Waals surface area contributed by atoms with Crippen LogP contribution in [-0.2, 0) is 15.6 Å². The molecular weight excluding hydrogens is 677 g/mol. The number of carbonyl (C=O) groups excluding carboxylic acids is 1. The van der Waals surface area contributed by atoms with Crippen LogP contribution in [0.25, 0.3) is 33.5 Å². The lowest BCUT2D eigenvalue weighted by Gasteiger charge is -2.18. The van der Waals surface area contributed by atoms with E-state index < -0.39 is 33.2 Å². The number of carbonyl (C=O) groups is 1. The molecule has 6 aromatic rings. The summed E-state index contributed by atoms with van der Waals surface area (Å²) in [7, 11) is -4.22. The van der Waals surface area contributed by atoms with Crippen LogP contribution in [0.3, 0.4) is 0 Å². The zero-order valence-electron chi connectivity index (χ0n) is 28.0. The van der Waals surface area contributed by atoms with E-state index in [1.54, 1.807) is 55.5 Å². The average Bonchev–Trinajstić information content (AvgIpc) is 3.51. The SMILES string of the molecule is Cc1c(NC(=O)c2ccc(C(C)(C)O)cc2F)cc(F)cc1-c1ncnc2c1cc(-c1ccc(OCCCN)cc1)n2S(=O)(=O)c1ccccc1. The highest BCUT2D eigenvalue weighted by Crippen LogP contribution is 2.38. The van der Waals surface area contributed by atoms with Crippen molar-refractivity contribution in [3.63, 3.8) is 0 Å². The van der Waals surface area contributed by atoms with Gasteiger partial charge in [0.25, 0.3) is 15.9 Å². The summed E-state index contributed by atoms with van der Waals surface area (Å²) in [5.74, 6) is -1.83. The number of hydrogen-bond acceptors (Lipinski definition) is 8. The van der Waals surface area contributed by atoms with Gasteiger partial charge in [0.15, 0.2) is 5.65 Å². The van der Waals surface area contributed by atoms with Gasteiger partial charge in [-0.3, -0.25) is 4.79 Å². The van der Waals surface area contributed by atoms with E-state index in [2.05, 4.69) is 15.3 Å². The van der Waals surface area contributed by atoms with E-state index in [9.17, 15) is 22.7 Å². The summed E-state index contributed by atoms with van der Waals surface area (Å²) < 4.78 is 65.6. The molecule has 13 heteroatoms. The summed E-state index contributed by atoms with van der Waals surface area (Å²) in [6, 6.07) is 22.5. The molecule has 6 rings (SSSR count). The molecule has 4 aromatic carbocycles. The lowest BCUT2D eigenvalue weighted by molar-refractivity contribution is 0.0780. The number of hydrogen-bond donors (Lipinski definition) is 3. The first kappa shape index (κ1) is 35.3. The molecule has 0 bridgehead atoms. The molecule has 10 nitrogen and oxygen atoms in total. The Labute approximate surface area is 293 Å². The standard InChI is InChI=1S/C38H35F2N5O5S/c1-23-30(19-26(39)20-33(23)44-37(46)29-15-12-25(18-32(29)40)38(2,3)47)35-31-21-34(24-10-13-27(14-11-24)50-17-7-16-41)45(36(31)43-22-42-35)51(48,49)28-8-5-4-6-9-28/h4-6,8-15,18-22,47H,7,16-17,41H2,1-3H3,(H,44,46). The molecule has 0 saturated carbocycles. The van der Waals surface area contributed by atoms with Gasteiger partial charge in [0.2, 0.25) is 0 Å². The first-order valence-corrected chi connectivity index (χ1v) is 17.5. The first-order chi connectivity index (χ1) is 24.3. The third-order valence-corrected chi connectivity index (χ3v) is 10.1. The minimum Gasteiger partial charge on any atom is -0.494 e. The lowest BCUT2D eigenvalue weighted by Crippen LogP contribution is -2.19. The Kier molecular flexibility index (Phi) is 9.71. The molecule has 0 aliphatic rings. The first-order valence-electron chi connectivity index (χ1n) is 16.0. The molecular formula is C38H35F2N5O5S. The number of fused-ring (bicyclic) bond motifs is 1. The van der Waals surface area contributed by atoms with E-state index in [1.807, 2.05) is 0 Å². The lowest BCUT2D eigenvalue weighted by atomic mass is 9.96.